The standard InChI is InChI=1S/C78H130N6O55/c1-18-41(98)54(111)57(114)74(122-18)120-17-34-64(51(108)35(68(118)123-34)79-19(2)92)134-72-39(83-23(6)96)52(109)62(30(13-90)128-72)136-76-60(117)65(137-78-67(139-71-38(82-22(5)95)50(107)44(101)27(10-87)126-71)59(116)63(31(14-91)130-78)133-70-37(81-21(4)94)49(106)43(100)26(9-86)125-70)47(104)33(131-76)16-121-77-66(56(113)46(103)32(132-77)15-119-69-36(80-20(3)93)48(105)42(99)25(8-85)124-69)138-73-40(84-24(7)97)53(110)61(29(12-89)129-73)135-75-58(115)55(112)45(102)28(11-88)127-75/h18,25-78,85-91,98-118H,8-17H2,1-7H3,(H,79,92)(H,80,93)(H,81,94)(H,82,95)(H,83,96)(H,84,97)/t18-,25+,26+,27+,28+,29+,30+,31+,32+,33+,34+,35+,36+,37+,38+,39+,40+,41+,42+,43+,44+,45-,46+,47+,48+,49+,50+,51+,52+,53+,54-,55-,56-,57-,58+,59-,60-,61+,62+,63+,64+,65-,66-,67-,68+,69+,70-,71-,72-,73-,74+,75-,76-,77-,78+/m0/s1. The van der Waals surface area contributed by atoms with E-state index < -0.39 is 439 Å². The topological polar surface area (TPSA) is 935 Å². The number of aliphatic hydroxyl groups excluding tert-OH is 28. The molecule has 0 bridgehead atoms. The summed E-state index contributed by atoms with van der Waals surface area (Å²) in [7, 11) is 0. The highest BCUT2D eigenvalue weighted by Gasteiger charge is 2.63. The summed E-state index contributed by atoms with van der Waals surface area (Å²) in [6.07, 6.45) is -105. The summed E-state index contributed by atoms with van der Waals surface area (Å²) in [5, 5.41) is 333. The van der Waals surface area contributed by atoms with Crippen molar-refractivity contribution >= 4 is 35.4 Å². The van der Waals surface area contributed by atoms with Crippen molar-refractivity contribution in [3.8, 4) is 0 Å². The number of amides is 6. The van der Waals surface area contributed by atoms with Crippen LogP contribution in [0.1, 0.15) is 48.5 Å². The van der Waals surface area contributed by atoms with E-state index in [9.17, 15) is 172 Å². The lowest BCUT2D eigenvalue weighted by molar-refractivity contribution is -0.403. The van der Waals surface area contributed by atoms with Crippen molar-refractivity contribution in [1.82, 2.24) is 31.9 Å². The van der Waals surface area contributed by atoms with Crippen molar-refractivity contribution in [2.24, 2.45) is 0 Å². The fourth-order valence-corrected chi connectivity index (χ4v) is 18.0. The second-order valence-corrected chi connectivity index (χ2v) is 35.3. The van der Waals surface area contributed by atoms with E-state index in [0.29, 0.717) is 0 Å². The quantitative estimate of drug-likeness (QED) is 0.0277. The third-order valence-electron chi connectivity index (χ3n) is 25.3. The van der Waals surface area contributed by atoms with Gasteiger partial charge in [-0.1, -0.05) is 0 Å². The Morgan fingerprint density at radius 2 is 0.460 bits per heavy atom. The first kappa shape index (κ1) is 114. The van der Waals surface area contributed by atoms with Crippen molar-refractivity contribution in [2.45, 2.75) is 386 Å². The maximum absolute atomic E-state index is 13.5. The first-order chi connectivity index (χ1) is 65.6. The van der Waals surface area contributed by atoms with Gasteiger partial charge in [-0.15, -0.1) is 0 Å². The number of carbonyl (C=O) groups is 6. The maximum atomic E-state index is 13.5. The van der Waals surface area contributed by atoms with Crippen LogP contribution in [0.2, 0.25) is 0 Å². The van der Waals surface area contributed by atoms with Gasteiger partial charge in [-0.3, -0.25) is 28.8 Å². The number of hydrogen-bond donors (Lipinski definition) is 34. The fourth-order valence-electron chi connectivity index (χ4n) is 18.0. The smallest absolute Gasteiger partial charge is 0.217 e. The van der Waals surface area contributed by atoms with Crippen LogP contribution in [0.15, 0.2) is 0 Å². The van der Waals surface area contributed by atoms with Crippen molar-refractivity contribution in [2.75, 3.05) is 66.1 Å². The molecule has 0 aliphatic carbocycles. The summed E-state index contributed by atoms with van der Waals surface area (Å²) in [6, 6.07) is -11.5. The average molecular weight is 2030 g/mol. The molecule has 34 N–H and O–H groups in total. The van der Waals surface area contributed by atoms with Crippen molar-refractivity contribution < 1.29 is 271 Å². The number of rotatable bonds is 36. The zero-order valence-corrected chi connectivity index (χ0v) is 75.4. The number of carbonyl (C=O) groups excluding carboxylic acids is 6. The first-order valence-corrected chi connectivity index (χ1v) is 44.5. The summed E-state index contributed by atoms with van der Waals surface area (Å²) >= 11 is 0. The van der Waals surface area contributed by atoms with Crippen molar-refractivity contribution in [3.63, 3.8) is 0 Å². The van der Waals surface area contributed by atoms with Gasteiger partial charge in [0.05, 0.1) is 72.2 Å². The van der Waals surface area contributed by atoms with Crippen LogP contribution in [0.25, 0.3) is 0 Å². The van der Waals surface area contributed by atoms with Crippen LogP contribution in [0.3, 0.4) is 0 Å². The van der Waals surface area contributed by atoms with Crippen LogP contribution in [-0.2, 0) is 128 Å². The Morgan fingerprint density at radius 3 is 0.885 bits per heavy atom. The predicted molar refractivity (Wildman–Crippen MR) is 430 cm³/mol. The van der Waals surface area contributed by atoms with E-state index in [1.54, 1.807) is 0 Å². The minimum absolute atomic E-state index is 0.856. The van der Waals surface area contributed by atoms with Crippen molar-refractivity contribution in [1.29, 1.82) is 0 Å². The lowest BCUT2D eigenvalue weighted by Crippen LogP contribution is -2.71. The van der Waals surface area contributed by atoms with Gasteiger partial charge in [0.1, 0.15) is 262 Å². The molecule has 11 fully saturated rings. The van der Waals surface area contributed by atoms with Gasteiger partial charge in [0.25, 0.3) is 0 Å². The Kier molecular flexibility index (Phi) is 41.1. The molecule has 0 aromatic rings. The van der Waals surface area contributed by atoms with Gasteiger partial charge >= 0.3 is 0 Å². The summed E-state index contributed by atoms with van der Waals surface area (Å²) in [5.41, 5.74) is 0. The highest BCUT2D eigenvalue weighted by molar-refractivity contribution is 5.75. The molecule has 11 saturated heterocycles. The number of aliphatic hydroxyl groups is 28. The lowest BCUT2D eigenvalue weighted by atomic mass is 9.93. The van der Waals surface area contributed by atoms with Gasteiger partial charge in [-0.25, -0.2) is 0 Å². The number of nitrogens with one attached hydrogen (secondary N) is 6. The SMILES string of the molecule is CC(=O)N[C@@H]1[C@@H](O)[C@H](O[C@@H]2O[C@H](CO)[C@@H](O[C@@H]3O[C@H](CO[C@H]4O[C@H](CO[C@@H]5O[C@H](CO)[C@@H](O)[C@H](O)[C@H]5NC(C)=O)[C@@H](O)[C@H](O)[C@@H]4O[C@@H]4O[C@H](CO)[C@@H](O[C@@H]5O[C@H](CO)[C@H](O)[C@H](O)[C@H]5O)[C@H](O)[C@H]4NC(C)=O)[C@@H](O)[C@H](O[C@H]4O[C@H](CO)[C@@H](O[C@@H]5O[C@H](CO)[C@@H](O)[C@H](O)[C@H]5NC(C)=O)[C@H](O)[C@@H]4O[C@@H]4O[C@H](CO)[C@@H](O)[C@H](O)[C@H]4NC(C)=O)[C@@H]3O)[C@H](O)[C@H]2NC(C)=O)[C@@H](CO[C@@H]2O[C@@H](C)[C@@H](O)[C@H](O)[C@@H]2O)O[C@H]1O. The van der Waals surface area contributed by atoms with Crippen LogP contribution in [0, 0.1) is 0 Å². The molecule has 0 radical (unpaired) electrons. The predicted octanol–water partition coefficient (Wildman–Crippen LogP) is -23.1. The van der Waals surface area contributed by atoms with E-state index >= 15 is 0 Å². The molecule has 11 aliphatic heterocycles. The van der Waals surface area contributed by atoms with Gasteiger partial charge in [0.15, 0.2) is 69.2 Å². The van der Waals surface area contributed by atoms with E-state index in [4.69, 9.17) is 99.5 Å². The molecule has 0 aromatic carbocycles. The molecule has 55 atom stereocenters. The van der Waals surface area contributed by atoms with Crippen LogP contribution >= 0.6 is 0 Å². The molecular weight excluding hydrogens is 1900 g/mol. The summed E-state index contributed by atoms with van der Waals surface area (Å²) < 4.78 is 127. The highest BCUT2D eigenvalue weighted by Crippen LogP contribution is 2.42. The van der Waals surface area contributed by atoms with E-state index in [-0.39, 0.29) is 0 Å². The maximum Gasteiger partial charge on any atom is 0.217 e. The van der Waals surface area contributed by atoms with Crippen molar-refractivity contribution in [3.05, 3.63) is 0 Å². The second kappa shape index (κ2) is 50.0. The monoisotopic (exact) mass is 2030 g/mol. The molecule has 61 heteroatoms. The Hall–Kier alpha value is -5.14. The van der Waals surface area contributed by atoms with Gasteiger partial charge in [-0.05, 0) is 6.92 Å². The Balaban J connectivity index is 0.997. The molecule has 802 valence electrons. The minimum Gasteiger partial charge on any atom is -0.394 e. The molecule has 0 aromatic heterocycles. The van der Waals surface area contributed by atoms with Crippen LogP contribution in [-0.4, -0.2) is 582 Å². The normalized spacial score (nSPS) is 48.3. The van der Waals surface area contributed by atoms with E-state index in [0.717, 1.165) is 41.5 Å². The van der Waals surface area contributed by atoms with Gasteiger partial charge in [0.2, 0.25) is 35.4 Å². The Labute approximate surface area is 788 Å². The Morgan fingerprint density at radius 1 is 0.201 bits per heavy atom. The van der Waals surface area contributed by atoms with E-state index in [1.807, 2.05) is 0 Å². The largest absolute Gasteiger partial charge is 0.394 e. The van der Waals surface area contributed by atoms with Gasteiger partial charge in [0, 0.05) is 41.5 Å². The first-order valence-electron chi connectivity index (χ1n) is 44.5. The fraction of sp³-hybridized carbons (Fsp3) is 0.923. The van der Waals surface area contributed by atoms with Gasteiger partial charge in [-0.2, -0.15) is 0 Å². The molecule has 0 saturated carbocycles. The van der Waals surface area contributed by atoms with Gasteiger partial charge < -0.3 is 274 Å². The Bertz CT molecular complexity index is 3900. The molecule has 11 aliphatic rings. The second-order valence-electron chi connectivity index (χ2n) is 35.3. The minimum atomic E-state index is -2.76. The van der Waals surface area contributed by atoms with Crippen LogP contribution in [0.5, 0.6) is 0 Å². The molecular formula is C78H130N6O55. The number of ether oxygens (including phenoxy) is 21. The zero-order valence-electron chi connectivity index (χ0n) is 75.4. The summed E-state index contributed by atoms with van der Waals surface area (Å²) in [5.74, 6) is -5.68. The summed E-state index contributed by atoms with van der Waals surface area (Å²) in [6.45, 7) is -4.55. The molecule has 0 spiro atoms. The molecule has 61 nitrogen and oxygen atoms in total. The number of hydrogen-bond acceptors (Lipinski definition) is 55. The summed E-state index contributed by atoms with van der Waals surface area (Å²) in [4.78, 5) is 77.6. The molecule has 6 amide bonds. The van der Waals surface area contributed by atoms with E-state index in [2.05, 4.69) is 31.9 Å². The third kappa shape index (κ3) is 26.0. The lowest BCUT2D eigenvalue weighted by Gasteiger charge is -2.52. The van der Waals surface area contributed by atoms with Crippen LogP contribution in [0.4, 0.5) is 0 Å². The third-order valence-corrected chi connectivity index (χ3v) is 25.3. The average Bonchev–Trinajstić information content (AvgIpc) is 0.757. The van der Waals surface area contributed by atoms with E-state index in [1.165, 1.54) is 6.92 Å². The molecule has 139 heavy (non-hydrogen) atoms. The molecule has 11 heterocycles. The zero-order chi connectivity index (χ0) is 102. The molecule has 0 unspecified atom stereocenters. The van der Waals surface area contributed by atoms with Crippen LogP contribution < -0.4 is 31.9 Å². The molecule has 11 rings (SSSR count). The highest BCUT2D eigenvalue weighted by atomic mass is 16.8.